The van der Waals surface area contributed by atoms with E-state index in [0.717, 1.165) is 0 Å². The van der Waals surface area contributed by atoms with Crippen LogP contribution < -0.4 is 5.73 Å². The Kier molecular flexibility index (Phi) is 3.04. The van der Waals surface area contributed by atoms with Gasteiger partial charge >= 0.3 is 0 Å². The largest absolute Gasteiger partial charge is 0.326 e. The summed E-state index contributed by atoms with van der Waals surface area (Å²) in [5.74, 6) is 0. The van der Waals surface area contributed by atoms with Crippen molar-refractivity contribution >= 4 is 0 Å². The molecule has 0 atom stereocenters. The Morgan fingerprint density at radius 3 is 2.00 bits per heavy atom. The first-order chi connectivity index (χ1) is 3.92. The van der Waals surface area contributed by atoms with E-state index < -0.39 is 12.0 Å². The molecule has 0 amide bonds. The third-order valence-corrected chi connectivity index (χ3v) is 1.01. The van der Waals surface area contributed by atoms with E-state index >= 15 is 0 Å². The van der Waals surface area contributed by atoms with Gasteiger partial charge in [-0.1, -0.05) is 0 Å². The molecule has 9 heavy (non-hydrogen) atoms. The molecule has 0 fully saturated rings. The highest BCUT2D eigenvalue weighted by molar-refractivity contribution is 4.71. The average molecular weight is 137 g/mol. The topological polar surface area (TPSA) is 26.0 Å². The zero-order chi connectivity index (χ0) is 7.49. The van der Waals surface area contributed by atoms with Gasteiger partial charge in [-0.25, -0.2) is 8.78 Å². The number of rotatable bonds is 3. The fraction of sp³-hybridized carbons (Fsp3) is 1.00. The second-order valence-electron chi connectivity index (χ2n) is 2.92. The minimum absolute atomic E-state index is 0.0938. The van der Waals surface area contributed by atoms with Crippen LogP contribution in [0.2, 0.25) is 0 Å². The first-order valence-electron chi connectivity index (χ1n) is 2.99. The fourth-order valence-corrected chi connectivity index (χ4v) is 0.481. The number of alkyl halides is 2. The third-order valence-electron chi connectivity index (χ3n) is 1.01. The lowest BCUT2D eigenvalue weighted by atomic mass is 10.0. The minimum atomic E-state index is -2.21. The van der Waals surface area contributed by atoms with Crippen molar-refractivity contribution in [3.63, 3.8) is 0 Å². The quantitative estimate of drug-likeness (QED) is 0.630. The first kappa shape index (κ1) is 8.82. The molecule has 1 nitrogen and oxygen atoms in total. The van der Waals surface area contributed by atoms with Gasteiger partial charge < -0.3 is 5.73 Å². The lowest BCUT2D eigenvalue weighted by Crippen LogP contribution is -2.32. The molecular weight excluding hydrogens is 124 g/mol. The van der Waals surface area contributed by atoms with Gasteiger partial charge in [0.2, 0.25) is 6.43 Å². The predicted molar refractivity (Wildman–Crippen MR) is 33.5 cm³/mol. The second kappa shape index (κ2) is 3.11. The highest BCUT2D eigenvalue weighted by atomic mass is 19.3. The van der Waals surface area contributed by atoms with E-state index in [4.69, 9.17) is 5.73 Å². The van der Waals surface area contributed by atoms with E-state index in [-0.39, 0.29) is 6.42 Å². The Morgan fingerprint density at radius 1 is 1.44 bits per heavy atom. The van der Waals surface area contributed by atoms with Crippen LogP contribution in [-0.2, 0) is 0 Å². The van der Waals surface area contributed by atoms with Gasteiger partial charge in [-0.05, 0) is 20.3 Å². The van der Waals surface area contributed by atoms with Crippen molar-refractivity contribution in [1.29, 1.82) is 0 Å². The number of halogens is 2. The van der Waals surface area contributed by atoms with E-state index in [1.165, 1.54) is 0 Å². The molecule has 3 heteroatoms. The van der Waals surface area contributed by atoms with E-state index in [0.29, 0.717) is 6.42 Å². The highest BCUT2D eigenvalue weighted by Crippen LogP contribution is 2.11. The standard InChI is InChI=1S/C6H13F2N/c1-6(2,9)4-3-5(7)8/h5H,3-4,9H2,1-2H3. The van der Waals surface area contributed by atoms with Crippen LogP contribution in [0.15, 0.2) is 0 Å². The molecule has 2 N–H and O–H groups in total. The average Bonchev–Trinajstić information content (AvgIpc) is 1.59. The van der Waals surface area contributed by atoms with Gasteiger partial charge in [0, 0.05) is 12.0 Å². The molecule has 0 rings (SSSR count). The highest BCUT2D eigenvalue weighted by Gasteiger charge is 2.13. The predicted octanol–water partition coefficient (Wildman–Crippen LogP) is 1.77. The molecule has 0 radical (unpaired) electrons. The molecule has 0 saturated carbocycles. The summed E-state index contributed by atoms with van der Waals surface area (Å²) in [5, 5.41) is 0. The van der Waals surface area contributed by atoms with Crippen molar-refractivity contribution in [1.82, 2.24) is 0 Å². The summed E-state index contributed by atoms with van der Waals surface area (Å²) in [6, 6.07) is 0. The van der Waals surface area contributed by atoms with Gasteiger partial charge in [0.1, 0.15) is 0 Å². The summed E-state index contributed by atoms with van der Waals surface area (Å²) in [5.41, 5.74) is 5.00. The molecule has 0 unspecified atom stereocenters. The van der Waals surface area contributed by atoms with Crippen LogP contribution in [0.1, 0.15) is 26.7 Å². The molecule has 0 aliphatic rings. The second-order valence-corrected chi connectivity index (χ2v) is 2.92. The van der Waals surface area contributed by atoms with Crippen molar-refractivity contribution in [2.75, 3.05) is 0 Å². The Labute approximate surface area is 54.2 Å². The Hall–Kier alpha value is -0.180. The van der Waals surface area contributed by atoms with Crippen LogP contribution in [0.5, 0.6) is 0 Å². The maximum absolute atomic E-state index is 11.5. The molecule has 0 bridgehead atoms. The van der Waals surface area contributed by atoms with Crippen molar-refractivity contribution < 1.29 is 8.78 Å². The smallest absolute Gasteiger partial charge is 0.238 e. The third kappa shape index (κ3) is 7.82. The maximum atomic E-state index is 11.5. The van der Waals surface area contributed by atoms with Gasteiger partial charge in [0.05, 0.1) is 0 Å². The number of nitrogens with two attached hydrogens (primary N) is 1. The van der Waals surface area contributed by atoms with Gasteiger partial charge in [0.25, 0.3) is 0 Å². The lowest BCUT2D eigenvalue weighted by molar-refractivity contribution is 0.127. The SMILES string of the molecule is CC(C)(N)CCC(F)F. The van der Waals surface area contributed by atoms with Gasteiger partial charge in [0.15, 0.2) is 0 Å². The molecule has 0 spiro atoms. The van der Waals surface area contributed by atoms with Crippen LogP contribution in [0, 0.1) is 0 Å². The maximum Gasteiger partial charge on any atom is 0.238 e. The zero-order valence-corrected chi connectivity index (χ0v) is 5.82. The zero-order valence-electron chi connectivity index (χ0n) is 5.82. The van der Waals surface area contributed by atoms with E-state index in [9.17, 15) is 8.78 Å². The van der Waals surface area contributed by atoms with E-state index in [2.05, 4.69) is 0 Å². The summed E-state index contributed by atoms with van der Waals surface area (Å²) >= 11 is 0. The van der Waals surface area contributed by atoms with Crippen LogP contribution in [0.4, 0.5) is 8.78 Å². The van der Waals surface area contributed by atoms with Crippen molar-refractivity contribution in [2.45, 2.75) is 38.7 Å². The van der Waals surface area contributed by atoms with Crippen molar-refractivity contribution in [3.05, 3.63) is 0 Å². The summed E-state index contributed by atoms with van der Waals surface area (Å²) in [6.45, 7) is 3.49. The molecule has 0 aliphatic heterocycles. The van der Waals surface area contributed by atoms with Crippen LogP contribution in [0.3, 0.4) is 0 Å². The Morgan fingerprint density at radius 2 is 1.89 bits per heavy atom. The van der Waals surface area contributed by atoms with Crippen molar-refractivity contribution in [3.8, 4) is 0 Å². The Balaban J connectivity index is 3.28. The summed E-state index contributed by atoms with van der Waals surface area (Å²) < 4.78 is 23.0. The molecule has 0 saturated heterocycles. The summed E-state index contributed by atoms with van der Waals surface area (Å²) in [4.78, 5) is 0. The van der Waals surface area contributed by atoms with Gasteiger partial charge in [-0.15, -0.1) is 0 Å². The van der Waals surface area contributed by atoms with Gasteiger partial charge in [-0.3, -0.25) is 0 Å². The minimum Gasteiger partial charge on any atom is -0.326 e. The van der Waals surface area contributed by atoms with Gasteiger partial charge in [-0.2, -0.15) is 0 Å². The summed E-state index contributed by atoms with van der Waals surface area (Å²) in [7, 11) is 0. The number of hydrogen-bond acceptors (Lipinski definition) is 1. The fourth-order valence-electron chi connectivity index (χ4n) is 0.481. The number of hydrogen-bond donors (Lipinski definition) is 1. The van der Waals surface area contributed by atoms with Crippen LogP contribution in [-0.4, -0.2) is 12.0 Å². The first-order valence-corrected chi connectivity index (χ1v) is 2.99. The molecule has 0 heterocycles. The molecular formula is C6H13F2N. The van der Waals surface area contributed by atoms with E-state index in [1.54, 1.807) is 13.8 Å². The molecule has 0 aromatic heterocycles. The molecule has 0 aromatic carbocycles. The summed E-state index contributed by atoms with van der Waals surface area (Å²) in [6.07, 6.45) is -1.93. The van der Waals surface area contributed by atoms with E-state index in [1.807, 2.05) is 0 Å². The lowest BCUT2D eigenvalue weighted by Gasteiger charge is -2.17. The van der Waals surface area contributed by atoms with Crippen molar-refractivity contribution in [2.24, 2.45) is 5.73 Å². The normalized spacial score (nSPS) is 12.7. The molecule has 0 aromatic rings. The molecule has 56 valence electrons. The monoisotopic (exact) mass is 137 g/mol. The molecule has 0 aliphatic carbocycles. The van der Waals surface area contributed by atoms with Crippen LogP contribution in [0.25, 0.3) is 0 Å². The van der Waals surface area contributed by atoms with Crippen LogP contribution >= 0.6 is 0 Å². The Bertz CT molecular complexity index is 75.6.